The minimum atomic E-state index is -3.35. The molecule has 0 saturated carbocycles. The molecule has 0 bridgehead atoms. The highest BCUT2D eigenvalue weighted by Gasteiger charge is 2.43. The molecule has 1 fully saturated rings. The van der Waals surface area contributed by atoms with E-state index in [0.29, 0.717) is 24.5 Å². The van der Waals surface area contributed by atoms with Crippen LogP contribution in [-0.2, 0) is 19.6 Å². The monoisotopic (exact) mass is 509 g/mol. The van der Waals surface area contributed by atoms with Crippen molar-refractivity contribution in [3.8, 4) is 11.5 Å². The number of carbonyl (C=O) groups is 2. The molecule has 1 saturated heterocycles. The van der Waals surface area contributed by atoms with Gasteiger partial charge >= 0.3 is 0 Å². The molecule has 1 aromatic carbocycles. The lowest BCUT2D eigenvalue weighted by molar-refractivity contribution is -0.133. The lowest BCUT2D eigenvalue weighted by atomic mass is 9.85. The zero-order valence-electron chi connectivity index (χ0n) is 21.1. The summed E-state index contributed by atoms with van der Waals surface area (Å²) in [6.07, 6.45) is 6.44. The van der Waals surface area contributed by atoms with Gasteiger partial charge in [0.2, 0.25) is 22.7 Å². The number of hydrogen-bond acceptors (Lipinski definition) is 7. The van der Waals surface area contributed by atoms with Gasteiger partial charge < -0.3 is 19.2 Å². The van der Waals surface area contributed by atoms with Gasteiger partial charge in [-0.15, -0.1) is 0 Å². The first-order valence-electron chi connectivity index (χ1n) is 12.6. The third kappa shape index (κ3) is 7.41. The SMILES string of the molecule is CCCCN(CCCC)C(=O)CN1C[C@H](c2ccc3c(c2)OCO3)[C@@H](C=O)[C@@H]1CCNS(C)(=O)=O. The molecule has 2 aliphatic heterocycles. The van der Waals surface area contributed by atoms with Crippen LogP contribution >= 0.6 is 0 Å². The van der Waals surface area contributed by atoms with Gasteiger partial charge in [0.05, 0.1) is 12.8 Å². The number of aldehydes is 1. The van der Waals surface area contributed by atoms with Crippen LogP contribution in [0.15, 0.2) is 18.2 Å². The van der Waals surface area contributed by atoms with Crippen LogP contribution in [-0.4, -0.2) is 82.2 Å². The number of fused-ring (bicyclic) bond motifs is 1. The van der Waals surface area contributed by atoms with E-state index in [0.717, 1.165) is 56.9 Å². The van der Waals surface area contributed by atoms with Crippen molar-refractivity contribution in [2.24, 2.45) is 5.92 Å². The number of benzene rings is 1. The van der Waals surface area contributed by atoms with Crippen LogP contribution in [0.25, 0.3) is 0 Å². The molecule has 2 aliphatic rings. The molecule has 0 aromatic heterocycles. The molecule has 1 aromatic rings. The van der Waals surface area contributed by atoms with E-state index in [4.69, 9.17) is 9.47 Å². The molecule has 0 radical (unpaired) electrons. The van der Waals surface area contributed by atoms with Crippen molar-refractivity contribution in [2.75, 3.05) is 45.8 Å². The average Bonchev–Trinajstić information content (AvgIpc) is 3.42. The average molecular weight is 510 g/mol. The molecule has 3 rings (SSSR count). The fourth-order valence-corrected chi connectivity index (χ4v) is 5.45. The van der Waals surface area contributed by atoms with Crippen molar-refractivity contribution in [1.29, 1.82) is 0 Å². The van der Waals surface area contributed by atoms with E-state index in [-0.39, 0.29) is 43.7 Å². The molecule has 35 heavy (non-hydrogen) atoms. The van der Waals surface area contributed by atoms with E-state index in [1.807, 2.05) is 23.1 Å². The molecular formula is C25H39N3O6S. The van der Waals surface area contributed by atoms with E-state index in [9.17, 15) is 18.0 Å². The van der Waals surface area contributed by atoms with Crippen LogP contribution in [0.1, 0.15) is 57.4 Å². The van der Waals surface area contributed by atoms with Crippen LogP contribution in [0.3, 0.4) is 0 Å². The molecule has 2 heterocycles. The van der Waals surface area contributed by atoms with Crippen molar-refractivity contribution in [3.63, 3.8) is 0 Å². The maximum absolute atomic E-state index is 13.3. The van der Waals surface area contributed by atoms with Crippen molar-refractivity contribution >= 4 is 22.2 Å². The number of ether oxygens (including phenoxy) is 2. The third-order valence-corrected chi connectivity index (χ3v) is 7.58. The molecular weight excluding hydrogens is 470 g/mol. The highest BCUT2D eigenvalue weighted by atomic mass is 32.2. The maximum Gasteiger partial charge on any atom is 0.236 e. The minimum Gasteiger partial charge on any atom is -0.454 e. The van der Waals surface area contributed by atoms with Gasteiger partial charge in [0.1, 0.15) is 6.29 Å². The summed E-state index contributed by atoms with van der Waals surface area (Å²) in [6.45, 7) is 6.80. The summed E-state index contributed by atoms with van der Waals surface area (Å²) >= 11 is 0. The molecule has 0 unspecified atom stereocenters. The second-order valence-corrected chi connectivity index (χ2v) is 11.3. The van der Waals surface area contributed by atoms with Crippen LogP contribution in [0.4, 0.5) is 0 Å². The number of unbranched alkanes of at least 4 members (excludes halogenated alkanes) is 2. The van der Waals surface area contributed by atoms with Gasteiger partial charge in [0.15, 0.2) is 11.5 Å². The lowest BCUT2D eigenvalue weighted by Gasteiger charge is -2.29. The first kappa shape index (κ1) is 27.4. The summed E-state index contributed by atoms with van der Waals surface area (Å²) in [4.78, 5) is 29.6. The van der Waals surface area contributed by atoms with Gasteiger partial charge in [0.25, 0.3) is 0 Å². The van der Waals surface area contributed by atoms with Crippen molar-refractivity contribution in [2.45, 2.75) is 57.9 Å². The van der Waals surface area contributed by atoms with Gasteiger partial charge in [0, 0.05) is 44.1 Å². The third-order valence-electron chi connectivity index (χ3n) is 6.85. The molecule has 9 nitrogen and oxygen atoms in total. The first-order chi connectivity index (χ1) is 16.8. The largest absolute Gasteiger partial charge is 0.454 e. The number of likely N-dealkylation sites (tertiary alicyclic amines) is 1. The number of amides is 1. The number of carbonyl (C=O) groups excluding carboxylic acids is 2. The Bertz CT molecular complexity index is 962. The highest BCUT2D eigenvalue weighted by Crippen LogP contribution is 2.41. The second-order valence-electron chi connectivity index (χ2n) is 9.47. The Labute approximate surface area is 209 Å². The summed E-state index contributed by atoms with van der Waals surface area (Å²) in [5.41, 5.74) is 0.955. The van der Waals surface area contributed by atoms with Gasteiger partial charge in [-0.3, -0.25) is 9.69 Å². The van der Waals surface area contributed by atoms with E-state index >= 15 is 0 Å². The molecule has 10 heteroatoms. The van der Waals surface area contributed by atoms with Crippen LogP contribution < -0.4 is 14.2 Å². The van der Waals surface area contributed by atoms with Gasteiger partial charge in [-0.2, -0.15) is 0 Å². The molecule has 1 N–H and O–H groups in total. The Kier molecular flexibility index (Phi) is 9.94. The fraction of sp³-hybridized carbons (Fsp3) is 0.680. The quantitative estimate of drug-likeness (QED) is 0.384. The summed E-state index contributed by atoms with van der Waals surface area (Å²) in [6, 6.07) is 5.46. The van der Waals surface area contributed by atoms with Gasteiger partial charge in [-0.25, -0.2) is 13.1 Å². The van der Waals surface area contributed by atoms with Crippen molar-refractivity contribution in [3.05, 3.63) is 23.8 Å². The molecule has 0 spiro atoms. The second kappa shape index (κ2) is 12.7. The normalized spacial score (nSPS) is 21.9. The van der Waals surface area contributed by atoms with E-state index in [1.165, 1.54) is 0 Å². The number of nitrogens with zero attached hydrogens (tertiary/aromatic N) is 2. The number of rotatable bonds is 14. The Hall–Kier alpha value is -2.17. The predicted octanol–water partition coefficient (Wildman–Crippen LogP) is 2.37. The Morgan fingerprint density at radius 2 is 1.86 bits per heavy atom. The smallest absolute Gasteiger partial charge is 0.236 e. The zero-order chi connectivity index (χ0) is 25.4. The number of hydrogen-bond donors (Lipinski definition) is 1. The highest BCUT2D eigenvalue weighted by molar-refractivity contribution is 7.88. The Morgan fingerprint density at radius 3 is 2.49 bits per heavy atom. The number of sulfonamides is 1. The molecule has 0 aliphatic carbocycles. The standard InChI is InChI=1S/C25H39N3O6S/c1-4-6-12-27(13-7-5-2)25(30)16-28-15-20(19-8-9-23-24(14-19)34-18-33-23)21(17-29)22(28)10-11-26-35(3,31)32/h8-9,14,17,20-22,26H,4-7,10-13,15-16,18H2,1-3H3/t20-,21-,22+/m1/s1. The predicted molar refractivity (Wildman–Crippen MR) is 134 cm³/mol. The van der Waals surface area contributed by atoms with Gasteiger partial charge in [-0.1, -0.05) is 32.8 Å². The number of nitrogens with one attached hydrogen (secondary N) is 1. The maximum atomic E-state index is 13.3. The summed E-state index contributed by atoms with van der Waals surface area (Å²) in [5.74, 6) is 0.895. The topological polar surface area (TPSA) is 105 Å². The summed E-state index contributed by atoms with van der Waals surface area (Å²) < 4.78 is 36.7. The molecule has 1 amide bonds. The van der Waals surface area contributed by atoms with E-state index in [2.05, 4.69) is 23.5 Å². The van der Waals surface area contributed by atoms with Gasteiger partial charge in [-0.05, 0) is 37.0 Å². The lowest BCUT2D eigenvalue weighted by Crippen LogP contribution is -2.45. The zero-order valence-corrected chi connectivity index (χ0v) is 21.9. The van der Waals surface area contributed by atoms with Crippen molar-refractivity contribution in [1.82, 2.24) is 14.5 Å². The first-order valence-corrected chi connectivity index (χ1v) is 14.5. The van der Waals surface area contributed by atoms with E-state index < -0.39 is 10.0 Å². The van der Waals surface area contributed by atoms with Crippen molar-refractivity contribution < 1.29 is 27.5 Å². The summed E-state index contributed by atoms with van der Waals surface area (Å²) in [7, 11) is -3.35. The van der Waals surface area contributed by atoms with Crippen LogP contribution in [0.2, 0.25) is 0 Å². The minimum absolute atomic E-state index is 0.0592. The molecule has 3 atom stereocenters. The van der Waals surface area contributed by atoms with Crippen LogP contribution in [0, 0.1) is 5.92 Å². The van der Waals surface area contributed by atoms with Crippen LogP contribution in [0.5, 0.6) is 11.5 Å². The van der Waals surface area contributed by atoms with E-state index in [1.54, 1.807) is 0 Å². The Balaban J connectivity index is 1.81. The summed E-state index contributed by atoms with van der Waals surface area (Å²) in [5, 5.41) is 0. The Morgan fingerprint density at radius 1 is 1.17 bits per heavy atom. The molecule has 196 valence electrons. The fourth-order valence-electron chi connectivity index (χ4n) is 4.96.